The molecule has 6 heteroatoms. The lowest BCUT2D eigenvalue weighted by molar-refractivity contribution is -0.136. The van der Waals surface area contributed by atoms with Crippen LogP contribution in [0, 0.1) is 0 Å². The van der Waals surface area contributed by atoms with Gasteiger partial charge in [-0.05, 0) is 26.0 Å². The predicted molar refractivity (Wildman–Crippen MR) is 73.3 cm³/mol. The Morgan fingerprint density at radius 3 is 2.60 bits per heavy atom. The Kier molecular flexibility index (Phi) is 5.83. The number of nitrogens with one attached hydrogen (secondary N) is 1. The molecule has 0 spiro atoms. The van der Waals surface area contributed by atoms with Crippen molar-refractivity contribution in [3.8, 4) is 11.5 Å². The number of carbonyl (C=O) groups is 2. The largest absolute Gasteiger partial charge is 0.497 e. The third-order valence-electron chi connectivity index (χ3n) is 2.42. The molecule has 0 aliphatic rings. The molecule has 20 heavy (non-hydrogen) atoms. The number of carbonyl (C=O) groups excluding carboxylic acids is 1. The summed E-state index contributed by atoms with van der Waals surface area (Å²) in [5.41, 5.74) is 0.352. The summed E-state index contributed by atoms with van der Waals surface area (Å²) in [5.74, 6) is -0.335. The van der Waals surface area contributed by atoms with Crippen molar-refractivity contribution in [2.75, 3.05) is 13.7 Å². The van der Waals surface area contributed by atoms with E-state index in [-0.39, 0.29) is 25.0 Å². The van der Waals surface area contributed by atoms with E-state index in [1.165, 1.54) is 7.11 Å². The molecule has 1 amide bonds. The fourth-order valence-electron chi connectivity index (χ4n) is 1.55. The molecule has 2 N–H and O–H groups in total. The van der Waals surface area contributed by atoms with Gasteiger partial charge in [-0.25, -0.2) is 0 Å². The number of benzene rings is 1. The molecule has 6 nitrogen and oxygen atoms in total. The van der Waals surface area contributed by atoms with Crippen molar-refractivity contribution in [2.24, 2.45) is 0 Å². The average Bonchev–Trinajstić information content (AvgIpc) is 2.37. The first-order valence-corrected chi connectivity index (χ1v) is 6.28. The highest BCUT2D eigenvalue weighted by Crippen LogP contribution is 2.25. The molecule has 1 aromatic carbocycles. The minimum atomic E-state index is -0.960. The van der Waals surface area contributed by atoms with Gasteiger partial charge in [0.25, 0.3) is 5.91 Å². The molecule has 0 radical (unpaired) electrons. The van der Waals surface area contributed by atoms with Crippen LogP contribution >= 0.6 is 0 Å². The fourth-order valence-corrected chi connectivity index (χ4v) is 1.55. The number of hydrogen-bond donors (Lipinski definition) is 2. The summed E-state index contributed by atoms with van der Waals surface area (Å²) in [6.45, 7) is 3.78. The molecule has 0 aromatic heterocycles. The number of ether oxygens (including phenoxy) is 2. The molecule has 1 aromatic rings. The first-order chi connectivity index (χ1) is 9.43. The van der Waals surface area contributed by atoms with Crippen molar-refractivity contribution in [3.05, 3.63) is 23.8 Å². The van der Waals surface area contributed by atoms with Gasteiger partial charge in [0.05, 0.1) is 25.2 Å². The van der Waals surface area contributed by atoms with Gasteiger partial charge >= 0.3 is 5.97 Å². The molecule has 0 aliphatic heterocycles. The van der Waals surface area contributed by atoms with Crippen LogP contribution < -0.4 is 14.8 Å². The lowest BCUT2D eigenvalue weighted by Crippen LogP contribution is -2.26. The highest BCUT2D eigenvalue weighted by Gasteiger charge is 2.15. The van der Waals surface area contributed by atoms with Gasteiger partial charge in [0, 0.05) is 12.6 Å². The zero-order valence-corrected chi connectivity index (χ0v) is 11.8. The summed E-state index contributed by atoms with van der Waals surface area (Å²) in [5, 5.41) is 11.1. The summed E-state index contributed by atoms with van der Waals surface area (Å²) in [7, 11) is 1.53. The van der Waals surface area contributed by atoms with Crippen LogP contribution in [0.4, 0.5) is 0 Å². The van der Waals surface area contributed by atoms with Gasteiger partial charge in [-0.3, -0.25) is 9.59 Å². The second kappa shape index (κ2) is 7.37. The van der Waals surface area contributed by atoms with Gasteiger partial charge in [0.15, 0.2) is 0 Å². The van der Waals surface area contributed by atoms with Crippen molar-refractivity contribution >= 4 is 11.9 Å². The molecule has 0 fully saturated rings. The van der Waals surface area contributed by atoms with E-state index in [2.05, 4.69) is 5.32 Å². The molecule has 1 rings (SSSR count). The Balaban J connectivity index is 2.85. The SMILES string of the molecule is COc1ccc(C(=O)NCCC(=O)O)c(OC(C)C)c1. The van der Waals surface area contributed by atoms with E-state index >= 15 is 0 Å². The molecule has 0 saturated heterocycles. The van der Waals surface area contributed by atoms with Crippen molar-refractivity contribution in [3.63, 3.8) is 0 Å². The van der Waals surface area contributed by atoms with E-state index in [0.29, 0.717) is 17.1 Å². The predicted octanol–water partition coefficient (Wildman–Crippen LogP) is 1.69. The van der Waals surface area contributed by atoms with Gasteiger partial charge in [-0.2, -0.15) is 0 Å². The zero-order chi connectivity index (χ0) is 15.1. The van der Waals surface area contributed by atoms with Gasteiger partial charge in [-0.15, -0.1) is 0 Å². The summed E-state index contributed by atoms with van der Waals surface area (Å²) in [6.07, 6.45) is -0.213. The van der Waals surface area contributed by atoms with Crippen molar-refractivity contribution in [1.82, 2.24) is 5.32 Å². The average molecular weight is 281 g/mol. The summed E-state index contributed by atoms with van der Waals surface area (Å²) in [4.78, 5) is 22.4. The maximum Gasteiger partial charge on any atom is 0.305 e. The van der Waals surface area contributed by atoms with Gasteiger partial charge in [0.2, 0.25) is 0 Å². The van der Waals surface area contributed by atoms with Crippen molar-refractivity contribution in [1.29, 1.82) is 0 Å². The second-order valence-electron chi connectivity index (χ2n) is 4.43. The van der Waals surface area contributed by atoms with Crippen LogP contribution in [-0.2, 0) is 4.79 Å². The standard InChI is InChI=1S/C14H19NO5/c1-9(2)20-12-8-10(19-3)4-5-11(12)14(18)15-7-6-13(16)17/h4-5,8-9H,6-7H2,1-3H3,(H,15,18)(H,16,17). The minimum absolute atomic E-state index is 0.0707. The second-order valence-corrected chi connectivity index (χ2v) is 4.43. The van der Waals surface area contributed by atoms with E-state index in [0.717, 1.165) is 0 Å². The first-order valence-electron chi connectivity index (χ1n) is 6.28. The number of aliphatic carboxylic acids is 1. The quantitative estimate of drug-likeness (QED) is 0.794. The Hall–Kier alpha value is -2.24. The molecular weight excluding hydrogens is 262 g/mol. The Bertz CT molecular complexity index is 484. The maximum atomic E-state index is 12.0. The summed E-state index contributed by atoms with van der Waals surface area (Å²) in [6, 6.07) is 4.87. The zero-order valence-electron chi connectivity index (χ0n) is 11.8. The lowest BCUT2D eigenvalue weighted by Gasteiger charge is -2.15. The minimum Gasteiger partial charge on any atom is -0.497 e. The van der Waals surface area contributed by atoms with Crippen molar-refractivity contribution in [2.45, 2.75) is 26.4 Å². The van der Waals surface area contributed by atoms with Gasteiger partial charge in [0.1, 0.15) is 11.5 Å². The van der Waals surface area contributed by atoms with E-state index in [1.807, 2.05) is 13.8 Å². The highest BCUT2D eigenvalue weighted by atomic mass is 16.5. The van der Waals surface area contributed by atoms with Crippen LogP contribution in [0.2, 0.25) is 0 Å². The Morgan fingerprint density at radius 1 is 1.35 bits per heavy atom. The van der Waals surface area contributed by atoms with Crippen molar-refractivity contribution < 1.29 is 24.2 Å². The Morgan fingerprint density at radius 2 is 2.05 bits per heavy atom. The number of rotatable bonds is 7. The molecule has 0 unspecified atom stereocenters. The lowest BCUT2D eigenvalue weighted by atomic mass is 10.1. The van der Waals surface area contributed by atoms with Crippen LogP contribution in [0.25, 0.3) is 0 Å². The molecule has 0 aliphatic carbocycles. The number of carboxylic acid groups (broad SMARTS) is 1. The monoisotopic (exact) mass is 281 g/mol. The van der Waals surface area contributed by atoms with E-state index < -0.39 is 5.97 Å². The summed E-state index contributed by atoms with van der Waals surface area (Å²) < 4.78 is 10.7. The van der Waals surface area contributed by atoms with Crippen LogP contribution in [0.5, 0.6) is 11.5 Å². The molecule has 0 bridgehead atoms. The fraction of sp³-hybridized carbons (Fsp3) is 0.429. The van der Waals surface area contributed by atoms with Crippen LogP contribution in [-0.4, -0.2) is 36.7 Å². The Labute approximate surface area is 117 Å². The topological polar surface area (TPSA) is 84.9 Å². The van der Waals surface area contributed by atoms with Crippen LogP contribution in [0.15, 0.2) is 18.2 Å². The van der Waals surface area contributed by atoms with E-state index in [4.69, 9.17) is 14.6 Å². The third kappa shape index (κ3) is 4.79. The number of hydrogen-bond acceptors (Lipinski definition) is 4. The molecule has 0 atom stereocenters. The number of methoxy groups -OCH3 is 1. The molecule has 0 heterocycles. The molecule has 0 saturated carbocycles. The number of carboxylic acids is 1. The third-order valence-corrected chi connectivity index (χ3v) is 2.42. The molecule has 110 valence electrons. The number of amides is 1. The highest BCUT2D eigenvalue weighted by molar-refractivity contribution is 5.97. The van der Waals surface area contributed by atoms with Gasteiger partial charge < -0.3 is 19.9 Å². The summed E-state index contributed by atoms with van der Waals surface area (Å²) >= 11 is 0. The van der Waals surface area contributed by atoms with E-state index in [9.17, 15) is 9.59 Å². The van der Waals surface area contributed by atoms with Crippen LogP contribution in [0.1, 0.15) is 30.6 Å². The van der Waals surface area contributed by atoms with E-state index in [1.54, 1.807) is 18.2 Å². The maximum absolute atomic E-state index is 12.0. The normalized spacial score (nSPS) is 10.2. The first kappa shape index (κ1) is 15.8. The van der Waals surface area contributed by atoms with Crippen LogP contribution in [0.3, 0.4) is 0 Å². The molecular formula is C14H19NO5. The van der Waals surface area contributed by atoms with Gasteiger partial charge in [-0.1, -0.05) is 0 Å². The smallest absolute Gasteiger partial charge is 0.305 e.